The lowest BCUT2D eigenvalue weighted by Gasteiger charge is -2.10. The minimum atomic E-state index is 0.385. The standard InChI is InChI=1S/C14H26N2/c1-9(15)4-2-3-7-16-14-12-10-5-6-11(8-10)13(12)14/h9-14,16H,2-8,15H2,1H3. The lowest BCUT2D eigenvalue weighted by molar-refractivity contribution is 0.454. The Kier molecular flexibility index (Phi) is 2.97. The molecule has 3 fully saturated rings. The van der Waals surface area contributed by atoms with Crippen LogP contribution in [0.15, 0.2) is 0 Å². The molecule has 3 aliphatic carbocycles. The number of unbranched alkanes of at least 4 members (excludes halogenated alkanes) is 1. The summed E-state index contributed by atoms with van der Waals surface area (Å²) in [7, 11) is 0. The molecule has 0 aromatic heterocycles. The number of nitrogens with one attached hydrogen (secondary N) is 1. The number of hydrogen-bond acceptors (Lipinski definition) is 2. The normalized spacial score (nSPS) is 45.8. The highest BCUT2D eigenvalue weighted by atomic mass is 15.0. The van der Waals surface area contributed by atoms with Gasteiger partial charge in [-0.05, 0) is 69.2 Å². The molecule has 3 saturated carbocycles. The van der Waals surface area contributed by atoms with Crippen LogP contribution in [0.2, 0.25) is 0 Å². The quantitative estimate of drug-likeness (QED) is 0.676. The van der Waals surface area contributed by atoms with E-state index in [9.17, 15) is 0 Å². The molecule has 0 heterocycles. The summed E-state index contributed by atoms with van der Waals surface area (Å²) in [5.74, 6) is 4.40. The van der Waals surface area contributed by atoms with Gasteiger partial charge >= 0.3 is 0 Å². The molecule has 3 rings (SSSR count). The van der Waals surface area contributed by atoms with Gasteiger partial charge in [0.25, 0.3) is 0 Å². The van der Waals surface area contributed by atoms with Crippen LogP contribution in [0.3, 0.4) is 0 Å². The molecular formula is C14H26N2. The second-order valence-electron chi connectivity index (χ2n) is 6.44. The molecule has 0 aromatic rings. The Labute approximate surface area is 99.4 Å². The van der Waals surface area contributed by atoms with E-state index in [0.717, 1.165) is 29.7 Å². The van der Waals surface area contributed by atoms with E-state index in [0.29, 0.717) is 6.04 Å². The Hall–Kier alpha value is -0.0800. The molecule has 2 nitrogen and oxygen atoms in total. The van der Waals surface area contributed by atoms with Gasteiger partial charge in [0.15, 0.2) is 0 Å². The summed E-state index contributed by atoms with van der Waals surface area (Å²) in [4.78, 5) is 0. The second kappa shape index (κ2) is 4.30. The zero-order valence-electron chi connectivity index (χ0n) is 10.5. The lowest BCUT2D eigenvalue weighted by atomic mass is 10.0. The summed E-state index contributed by atoms with van der Waals surface area (Å²) in [5, 5.41) is 3.79. The molecule has 3 N–H and O–H groups in total. The molecule has 3 aliphatic rings. The fourth-order valence-corrected chi connectivity index (χ4v) is 4.46. The minimum absolute atomic E-state index is 0.385. The highest BCUT2D eigenvalue weighted by molar-refractivity contribution is 5.16. The predicted octanol–water partition coefficient (Wildman–Crippen LogP) is 2.14. The van der Waals surface area contributed by atoms with Crippen LogP contribution >= 0.6 is 0 Å². The Morgan fingerprint density at radius 3 is 2.50 bits per heavy atom. The van der Waals surface area contributed by atoms with Crippen molar-refractivity contribution >= 4 is 0 Å². The summed E-state index contributed by atoms with van der Waals surface area (Å²) in [6.45, 7) is 3.33. The molecule has 2 heteroatoms. The van der Waals surface area contributed by atoms with Gasteiger partial charge in [0, 0.05) is 12.1 Å². The van der Waals surface area contributed by atoms with E-state index in [1.165, 1.54) is 38.6 Å². The van der Waals surface area contributed by atoms with Crippen molar-refractivity contribution in [2.75, 3.05) is 6.54 Å². The van der Waals surface area contributed by atoms with Crippen molar-refractivity contribution < 1.29 is 0 Å². The molecule has 0 aromatic carbocycles. The monoisotopic (exact) mass is 222 g/mol. The lowest BCUT2D eigenvalue weighted by Crippen LogP contribution is -2.24. The van der Waals surface area contributed by atoms with Gasteiger partial charge in [-0.15, -0.1) is 0 Å². The highest BCUT2D eigenvalue weighted by Gasteiger charge is 2.64. The summed E-state index contributed by atoms with van der Waals surface area (Å²) < 4.78 is 0. The van der Waals surface area contributed by atoms with E-state index in [-0.39, 0.29) is 0 Å². The topological polar surface area (TPSA) is 38.0 Å². The first-order valence-electron chi connectivity index (χ1n) is 7.26. The van der Waals surface area contributed by atoms with Gasteiger partial charge in [-0.3, -0.25) is 0 Å². The molecule has 5 unspecified atom stereocenters. The van der Waals surface area contributed by atoms with Crippen molar-refractivity contribution in [3.8, 4) is 0 Å². The molecule has 92 valence electrons. The van der Waals surface area contributed by atoms with Crippen LogP contribution in [-0.4, -0.2) is 18.6 Å². The second-order valence-corrected chi connectivity index (χ2v) is 6.44. The zero-order chi connectivity index (χ0) is 11.1. The van der Waals surface area contributed by atoms with Gasteiger partial charge in [-0.1, -0.05) is 6.42 Å². The minimum Gasteiger partial charge on any atom is -0.328 e. The molecule has 0 spiro atoms. The van der Waals surface area contributed by atoms with Gasteiger partial charge < -0.3 is 11.1 Å². The molecule has 0 aliphatic heterocycles. The average Bonchev–Trinajstić information content (AvgIpc) is 2.67. The van der Waals surface area contributed by atoms with Crippen molar-refractivity contribution in [1.82, 2.24) is 5.32 Å². The van der Waals surface area contributed by atoms with Crippen molar-refractivity contribution in [3.63, 3.8) is 0 Å². The van der Waals surface area contributed by atoms with Crippen LogP contribution in [0.25, 0.3) is 0 Å². The first-order valence-corrected chi connectivity index (χ1v) is 7.26. The van der Waals surface area contributed by atoms with E-state index in [2.05, 4.69) is 12.2 Å². The maximum atomic E-state index is 5.75. The van der Waals surface area contributed by atoms with E-state index < -0.39 is 0 Å². The van der Waals surface area contributed by atoms with E-state index in [1.807, 2.05) is 0 Å². The van der Waals surface area contributed by atoms with Crippen molar-refractivity contribution in [2.45, 2.75) is 57.5 Å². The first kappa shape index (κ1) is 11.0. The van der Waals surface area contributed by atoms with Crippen molar-refractivity contribution in [1.29, 1.82) is 0 Å². The fraction of sp³-hybridized carbons (Fsp3) is 1.00. The van der Waals surface area contributed by atoms with Crippen LogP contribution in [0, 0.1) is 23.7 Å². The summed E-state index contributed by atoms with van der Waals surface area (Å²) in [5.41, 5.74) is 5.75. The van der Waals surface area contributed by atoms with Crippen LogP contribution in [0.1, 0.15) is 45.4 Å². The number of rotatable bonds is 6. The smallest absolute Gasteiger partial charge is 0.0135 e. The third-order valence-corrected chi connectivity index (χ3v) is 5.20. The molecule has 16 heavy (non-hydrogen) atoms. The number of nitrogens with two attached hydrogens (primary N) is 1. The number of hydrogen-bond donors (Lipinski definition) is 2. The van der Waals surface area contributed by atoms with Crippen molar-refractivity contribution in [3.05, 3.63) is 0 Å². The molecule has 0 radical (unpaired) electrons. The van der Waals surface area contributed by atoms with Gasteiger partial charge in [-0.2, -0.15) is 0 Å². The third-order valence-electron chi connectivity index (χ3n) is 5.20. The van der Waals surface area contributed by atoms with E-state index in [4.69, 9.17) is 5.73 Å². The van der Waals surface area contributed by atoms with Crippen molar-refractivity contribution in [2.24, 2.45) is 29.4 Å². The fourth-order valence-electron chi connectivity index (χ4n) is 4.46. The Morgan fingerprint density at radius 1 is 1.19 bits per heavy atom. The van der Waals surface area contributed by atoms with E-state index in [1.54, 1.807) is 6.42 Å². The van der Waals surface area contributed by atoms with Crippen LogP contribution in [0.4, 0.5) is 0 Å². The first-order chi connectivity index (χ1) is 7.77. The summed E-state index contributed by atoms with van der Waals surface area (Å²) in [6.07, 6.45) is 8.43. The van der Waals surface area contributed by atoms with Gasteiger partial charge in [-0.25, -0.2) is 0 Å². The largest absolute Gasteiger partial charge is 0.328 e. The Balaban J connectivity index is 1.31. The Morgan fingerprint density at radius 2 is 1.88 bits per heavy atom. The SMILES string of the molecule is CC(N)CCCCNC1C2C3CCC(C3)C12. The van der Waals surface area contributed by atoms with Crippen LogP contribution in [-0.2, 0) is 0 Å². The predicted molar refractivity (Wildman–Crippen MR) is 67.1 cm³/mol. The molecule has 2 bridgehead atoms. The Bertz CT molecular complexity index is 235. The zero-order valence-corrected chi connectivity index (χ0v) is 10.5. The molecule has 0 amide bonds. The molecule has 0 saturated heterocycles. The van der Waals surface area contributed by atoms with Crippen LogP contribution < -0.4 is 11.1 Å². The molecule has 5 atom stereocenters. The maximum Gasteiger partial charge on any atom is 0.0135 e. The summed E-state index contributed by atoms with van der Waals surface area (Å²) in [6, 6.07) is 1.30. The molecular weight excluding hydrogens is 196 g/mol. The van der Waals surface area contributed by atoms with Crippen LogP contribution in [0.5, 0.6) is 0 Å². The summed E-state index contributed by atoms with van der Waals surface area (Å²) >= 11 is 0. The van der Waals surface area contributed by atoms with E-state index >= 15 is 0 Å². The maximum absolute atomic E-state index is 5.75. The van der Waals surface area contributed by atoms with Gasteiger partial charge in [0.2, 0.25) is 0 Å². The third kappa shape index (κ3) is 1.91. The highest BCUT2D eigenvalue weighted by Crippen LogP contribution is 2.65. The van der Waals surface area contributed by atoms with Gasteiger partial charge in [0.1, 0.15) is 0 Å². The average molecular weight is 222 g/mol. The van der Waals surface area contributed by atoms with Gasteiger partial charge in [0.05, 0.1) is 0 Å². The number of fused-ring (bicyclic) bond motifs is 5.